The number of aryl methyl sites for hydroxylation is 1. The maximum atomic E-state index is 5.99. The quantitative estimate of drug-likeness (QED) is 0.602. The Balaban J connectivity index is 1.57. The fourth-order valence-corrected chi connectivity index (χ4v) is 3.22. The van der Waals surface area contributed by atoms with Gasteiger partial charge in [0.25, 0.3) is 0 Å². The van der Waals surface area contributed by atoms with E-state index in [-0.39, 0.29) is 5.96 Å². The fraction of sp³-hybridized carbons (Fsp3) is 0.222. The number of aliphatic imine (C=N–C) groups is 2. The first kappa shape index (κ1) is 16.2. The summed E-state index contributed by atoms with van der Waals surface area (Å²) in [7, 11) is 0. The zero-order valence-electron chi connectivity index (χ0n) is 14.2. The number of nitrogens with zero attached hydrogens (tertiary/aromatic N) is 3. The third-order valence-electron chi connectivity index (χ3n) is 4.49. The van der Waals surface area contributed by atoms with Crippen molar-refractivity contribution >= 4 is 17.5 Å². The molecule has 7 N–H and O–H groups in total. The zero-order chi connectivity index (χ0) is 18.1. The first-order valence-electron chi connectivity index (χ1n) is 8.43. The van der Waals surface area contributed by atoms with E-state index < -0.39 is 5.66 Å². The van der Waals surface area contributed by atoms with Crippen molar-refractivity contribution in [2.75, 3.05) is 5.73 Å². The van der Waals surface area contributed by atoms with Gasteiger partial charge in [-0.25, -0.2) is 10.0 Å². The van der Waals surface area contributed by atoms with Crippen LogP contribution in [0.2, 0.25) is 0 Å². The maximum Gasteiger partial charge on any atom is 0.218 e. The van der Waals surface area contributed by atoms with Crippen LogP contribution in [0.5, 0.6) is 0 Å². The zero-order valence-corrected chi connectivity index (χ0v) is 14.2. The number of anilines is 1. The van der Waals surface area contributed by atoms with Gasteiger partial charge in [0.15, 0.2) is 11.5 Å². The molecule has 0 spiro atoms. The molecule has 2 aliphatic rings. The Hall–Kier alpha value is -3.26. The lowest BCUT2D eigenvalue weighted by Crippen LogP contribution is -2.53. The molecule has 8 nitrogen and oxygen atoms in total. The molecule has 4 rings (SSSR count). The Bertz CT molecular complexity index is 883. The number of furan rings is 1. The summed E-state index contributed by atoms with van der Waals surface area (Å²) in [5.41, 5.74) is 22.1. The smallest absolute Gasteiger partial charge is 0.218 e. The van der Waals surface area contributed by atoms with Gasteiger partial charge in [0, 0.05) is 11.8 Å². The number of guanidine groups is 1. The summed E-state index contributed by atoms with van der Waals surface area (Å²) in [5, 5.41) is 1.64. The maximum absolute atomic E-state index is 5.99. The molecule has 1 aromatic heterocycles. The molecule has 3 heterocycles. The van der Waals surface area contributed by atoms with Crippen LogP contribution >= 0.6 is 0 Å². The van der Waals surface area contributed by atoms with Gasteiger partial charge in [-0.05, 0) is 49.1 Å². The third kappa shape index (κ3) is 2.91. The van der Waals surface area contributed by atoms with Gasteiger partial charge in [0.05, 0.1) is 6.26 Å². The summed E-state index contributed by atoms with van der Waals surface area (Å²) < 4.78 is 5.66. The highest BCUT2D eigenvalue weighted by Gasteiger charge is 2.43. The number of hydrogen-bond donors (Lipinski definition) is 4. The average Bonchev–Trinajstić information content (AvgIpc) is 3.25. The van der Waals surface area contributed by atoms with Gasteiger partial charge in [-0.1, -0.05) is 12.1 Å². The molecule has 2 aliphatic heterocycles. The van der Waals surface area contributed by atoms with Gasteiger partial charge < -0.3 is 21.6 Å². The molecular formula is C18H21N7O. The lowest BCUT2D eigenvalue weighted by molar-refractivity contribution is 0.218. The second-order valence-electron chi connectivity index (χ2n) is 6.39. The van der Waals surface area contributed by atoms with Crippen LogP contribution in [0, 0.1) is 0 Å². The second-order valence-corrected chi connectivity index (χ2v) is 6.39. The standard InChI is InChI=1S/C18H21N7O/c19-13-7-5-12(6-8-13)3-1-9-18(14-4-2-10-26-14)23-16-11-15(20)22-17(21)25(16)24-18/h2,4-8,10-11,24H,1,3,9,19-20H2,(H2,21,22). The normalized spacial score (nSPS) is 21.8. The van der Waals surface area contributed by atoms with E-state index in [1.54, 1.807) is 17.3 Å². The second kappa shape index (κ2) is 6.23. The van der Waals surface area contributed by atoms with Crippen molar-refractivity contribution in [2.24, 2.45) is 21.5 Å². The van der Waals surface area contributed by atoms with Crippen LogP contribution < -0.4 is 22.6 Å². The number of rotatable bonds is 5. The fourth-order valence-electron chi connectivity index (χ4n) is 3.22. The van der Waals surface area contributed by atoms with Crippen LogP contribution in [0.15, 0.2) is 69.0 Å². The molecule has 1 atom stereocenters. The third-order valence-corrected chi connectivity index (χ3v) is 4.49. The SMILES string of the molecule is NC1=CC2=NC(CCCc3ccc(N)cc3)(c3ccco3)NN2C(N)=N1. The summed E-state index contributed by atoms with van der Waals surface area (Å²) in [5.74, 6) is 1.93. The highest BCUT2D eigenvalue weighted by atomic mass is 16.3. The van der Waals surface area contributed by atoms with Gasteiger partial charge in [0.2, 0.25) is 5.96 Å². The molecule has 0 fully saturated rings. The first-order chi connectivity index (χ1) is 12.6. The van der Waals surface area contributed by atoms with Gasteiger partial charge in [0.1, 0.15) is 11.6 Å². The molecule has 1 aromatic carbocycles. The molecule has 1 unspecified atom stereocenters. The summed E-state index contributed by atoms with van der Waals surface area (Å²) in [6.07, 6.45) is 5.83. The van der Waals surface area contributed by atoms with Crippen LogP contribution in [-0.2, 0) is 12.1 Å². The van der Waals surface area contributed by atoms with Gasteiger partial charge >= 0.3 is 0 Å². The number of benzene rings is 1. The van der Waals surface area contributed by atoms with Crippen molar-refractivity contribution in [3.8, 4) is 0 Å². The number of nitrogens with two attached hydrogens (primary N) is 3. The number of hydrazine groups is 1. The van der Waals surface area contributed by atoms with Gasteiger partial charge in [-0.3, -0.25) is 0 Å². The predicted molar refractivity (Wildman–Crippen MR) is 100 cm³/mol. The van der Waals surface area contributed by atoms with Crippen LogP contribution in [-0.4, -0.2) is 16.8 Å². The average molecular weight is 351 g/mol. The lowest BCUT2D eigenvalue weighted by Gasteiger charge is -2.28. The van der Waals surface area contributed by atoms with Gasteiger partial charge in [-0.2, -0.15) is 10.4 Å². The van der Waals surface area contributed by atoms with E-state index in [1.807, 2.05) is 36.4 Å². The molecule has 0 amide bonds. The molecule has 0 saturated heterocycles. The minimum absolute atomic E-state index is 0.260. The van der Waals surface area contributed by atoms with Crippen LogP contribution in [0.1, 0.15) is 24.2 Å². The minimum atomic E-state index is -0.742. The van der Waals surface area contributed by atoms with E-state index in [9.17, 15) is 0 Å². The molecule has 0 bridgehead atoms. The molecule has 26 heavy (non-hydrogen) atoms. The molecule has 134 valence electrons. The van der Waals surface area contributed by atoms with Crippen molar-refractivity contribution in [1.82, 2.24) is 10.4 Å². The van der Waals surface area contributed by atoms with E-state index in [4.69, 9.17) is 26.6 Å². The number of amidine groups is 1. The van der Waals surface area contributed by atoms with Gasteiger partial charge in [-0.15, -0.1) is 0 Å². The van der Waals surface area contributed by atoms with E-state index in [1.165, 1.54) is 5.56 Å². The van der Waals surface area contributed by atoms with Crippen molar-refractivity contribution in [3.63, 3.8) is 0 Å². The van der Waals surface area contributed by atoms with E-state index in [0.29, 0.717) is 18.1 Å². The van der Waals surface area contributed by atoms with Crippen molar-refractivity contribution in [2.45, 2.75) is 24.9 Å². The number of fused-ring (bicyclic) bond motifs is 1. The molecule has 2 aromatic rings. The van der Waals surface area contributed by atoms with Crippen molar-refractivity contribution < 1.29 is 4.42 Å². The van der Waals surface area contributed by atoms with Crippen LogP contribution in [0.3, 0.4) is 0 Å². The largest absolute Gasteiger partial charge is 0.465 e. The molecular weight excluding hydrogens is 330 g/mol. The number of nitrogens with one attached hydrogen (secondary N) is 1. The Morgan fingerprint density at radius 2 is 1.92 bits per heavy atom. The van der Waals surface area contributed by atoms with E-state index in [2.05, 4.69) is 10.4 Å². The Morgan fingerprint density at radius 1 is 1.12 bits per heavy atom. The summed E-state index contributed by atoms with van der Waals surface area (Å²) in [6, 6.07) is 11.7. The van der Waals surface area contributed by atoms with E-state index >= 15 is 0 Å². The molecule has 0 radical (unpaired) electrons. The summed E-state index contributed by atoms with van der Waals surface area (Å²) in [6.45, 7) is 0. The van der Waals surface area contributed by atoms with Crippen molar-refractivity contribution in [3.05, 3.63) is 65.9 Å². The monoisotopic (exact) mass is 351 g/mol. The Kier molecular flexibility index (Phi) is 3.89. The van der Waals surface area contributed by atoms with E-state index in [0.717, 1.165) is 24.3 Å². The Labute approximate surface area is 151 Å². The highest BCUT2D eigenvalue weighted by Crippen LogP contribution is 2.34. The Morgan fingerprint density at radius 3 is 2.65 bits per heavy atom. The first-order valence-corrected chi connectivity index (χ1v) is 8.43. The summed E-state index contributed by atoms with van der Waals surface area (Å²) >= 11 is 0. The van der Waals surface area contributed by atoms with Crippen LogP contribution in [0.4, 0.5) is 5.69 Å². The minimum Gasteiger partial charge on any atom is -0.465 e. The number of hydrogen-bond acceptors (Lipinski definition) is 8. The molecule has 8 heteroatoms. The van der Waals surface area contributed by atoms with Crippen molar-refractivity contribution in [1.29, 1.82) is 0 Å². The van der Waals surface area contributed by atoms with Crippen LogP contribution in [0.25, 0.3) is 0 Å². The number of nitrogen functional groups attached to an aromatic ring is 1. The topological polar surface area (TPSA) is 131 Å². The molecule has 0 aliphatic carbocycles. The highest BCUT2D eigenvalue weighted by molar-refractivity contribution is 6.08. The predicted octanol–water partition coefficient (Wildman–Crippen LogP) is 1.38. The summed E-state index contributed by atoms with van der Waals surface area (Å²) in [4.78, 5) is 8.91. The lowest BCUT2D eigenvalue weighted by atomic mass is 9.98. The molecule has 0 saturated carbocycles.